The number of benzene rings is 2. The molecule has 25 heavy (non-hydrogen) atoms. The van der Waals surface area contributed by atoms with Crippen molar-refractivity contribution >= 4 is 16.5 Å². The van der Waals surface area contributed by atoms with E-state index in [9.17, 15) is 0 Å². The van der Waals surface area contributed by atoms with Crippen LogP contribution in [0.5, 0.6) is 0 Å². The second-order valence-electron chi connectivity index (χ2n) is 7.78. The van der Waals surface area contributed by atoms with Gasteiger partial charge in [0.05, 0.1) is 17.5 Å². The van der Waals surface area contributed by atoms with Crippen LogP contribution in [0.3, 0.4) is 0 Å². The van der Waals surface area contributed by atoms with Gasteiger partial charge in [-0.3, -0.25) is 0 Å². The Morgan fingerprint density at radius 3 is 2.44 bits per heavy atom. The van der Waals surface area contributed by atoms with E-state index in [0.717, 1.165) is 22.0 Å². The molecular formula is C23H25N2+. The van der Waals surface area contributed by atoms with E-state index >= 15 is 0 Å². The lowest BCUT2D eigenvalue weighted by atomic mass is 9.83. The zero-order valence-corrected chi connectivity index (χ0v) is 15.9. The highest BCUT2D eigenvalue weighted by atomic mass is 14.9. The molecule has 126 valence electrons. The number of fused-ring (bicyclic) bond motifs is 1. The number of pyridine rings is 1. The van der Waals surface area contributed by atoms with Crippen molar-refractivity contribution in [2.75, 3.05) is 0 Å². The van der Waals surface area contributed by atoms with Gasteiger partial charge in [0, 0.05) is 6.07 Å². The number of hydrogen-bond acceptors (Lipinski definition) is 0. The summed E-state index contributed by atoms with van der Waals surface area (Å²) in [7, 11) is 1.94. The fraction of sp³-hybridized carbons (Fsp3) is 0.304. The van der Waals surface area contributed by atoms with E-state index in [2.05, 4.69) is 51.6 Å². The third kappa shape index (κ3) is 3.03. The topological polar surface area (TPSA) is 8.24 Å². The summed E-state index contributed by atoms with van der Waals surface area (Å²) in [5.41, 5.74) is 6.63. The Morgan fingerprint density at radius 2 is 1.80 bits per heavy atom. The molecule has 0 amide bonds. The van der Waals surface area contributed by atoms with Gasteiger partial charge in [-0.25, -0.2) is 9.41 Å². The molecule has 3 aromatic rings. The van der Waals surface area contributed by atoms with Crippen molar-refractivity contribution in [2.45, 2.75) is 40.0 Å². The van der Waals surface area contributed by atoms with Crippen molar-refractivity contribution in [3.05, 3.63) is 70.7 Å². The molecule has 0 spiro atoms. The van der Waals surface area contributed by atoms with Crippen LogP contribution in [-0.4, -0.2) is 0 Å². The third-order valence-corrected chi connectivity index (χ3v) is 4.96. The highest BCUT2D eigenvalue weighted by Crippen LogP contribution is 2.34. The smallest absolute Gasteiger partial charge is 0.220 e. The predicted octanol–water partition coefficient (Wildman–Crippen LogP) is 5.80. The summed E-state index contributed by atoms with van der Waals surface area (Å²) in [6.45, 7) is 18.2. The van der Waals surface area contributed by atoms with Gasteiger partial charge in [0.15, 0.2) is 11.9 Å². The fourth-order valence-electron chi connectivity index (χ4n) is 3.23. The quantitative estimate of drug-likeness (QED) is 0.394. The van der Waals surface area contributed by atoms with Crippen molar-refractivity contribution < 1.29 is 5.94 Å². The number of aromatic nitrogens is 1. The number of nitrogens with zero attached hydrogens (tertiary/aromatic N) is 2. The van der Waals surface area contributed by atoms with E-state index in [1.807, 2.05) is 35.9 Å². The minimum atomic E-state index is 0.0530. The summed E-state index contributed by atoms with van der Waals surface area (Å²) in [5, 5.41) is 2.01. The van der Waals surface area contributed by atoms with Crippen LogP contribution in [0, 0.1) is 20.4 Å². The molecule has 0 atom stereocenters. The zero-order valence-electron chi connectivity index (χ0n) is 16.9. The molecule has 0 aliphatic carbocycles. The van der Waals surface area contributed by atoms with E-state index in [4.69, 9.17) is 7.94 Å². The number of rotatable bonds is 1. The highest BCUT2D eigenvalue weighted by Gasteiger charge is 2.22. The Morgan fingerprint density at radius 1 is 1.08 bits per heavy atom. The first-order valence-corrected chi connectivity index (χ1v) is 8.56. The van der Waals surface area contributed by atoms with E-state index in [-0.39, 0.29) is 5.41 Å². The summed E-state index contributed by atoms with van der Waals surface area (Å²) in [6, 6.07) is 12.1. The van der Waals surface area contributed by atoms with Crippen molar-refractivity contribution in [3.63, 3.8) is 0 Å². The monoisotopic (exact) mass is 330 g/mol. The summed E-state index contributed by atoms with van der Waals surface area (Å²) < 4.78 is 10.3. The Hall–Kier alpha value is -2.66. The molecule has 0 saturated heterocycles. The van der Waals surface area contributed by atoms with Gasteiger partial charge in [0.1, 0.15) is 8.42 Å². The van der Waals surface area contributed by atoms with Crippen LogP contribution in [-0.2, 0) is 12.5 Å². The molecule has 2 aromatic carbocycles. The van der Waals surface area contributed by atoms with Gasteiger partial charge in [-0.15, -0.1) is 0 Å². The van der Waals surface area contributed by atoms with Crippen LogP contribution >= 0.6 is 0 Å². The molecule has 3 rings (SSSR count). The first kappa shape index (κ1) is 15.8. The molecule has 0 aliphatic rings. The van der Waals surface area contributed by atoms with Crippen LogP contribution in [0.2, 0.25) is 0 Å². The van der Waals surface area contributed by atoms with Gasteiger partial charge in [0.2, 0.25) is 5.69 Å². The van der Waals surface area contributed by atoms with E-state index in [0.29, 0.717) is 11.9 Å². The Balaban J connectivity index is 2.44. The van der Waals surface area contributed by atoms with Crippen LogP contribution in [0.4, 0.5) is 5.69 Å². The lowest BCUT2D eigenvalue weighted by molar-refractivity contribution is -0.659. The zero-order chi connectivity index (χ0) is 19.2. The van der Waals surface area contributed by atoms with Gasteiger partial charge in [-0.05, 0) is 53.5 Å². The van der Waals surface area contributed by atoms with E-state index < -0.39 is 0 Å². The van der Waals surface area contributed by atoms with Crippen LogP contribution < -0.4 is 4.57 Å². The number of hydrogen-bond donors (Lipinski definition) is 0. The first-order valence-electron chi connectivity index (χ1n) is 9.06. The largest absolute Gasteiger partial charge is 0.238 e. The van der Waals surface area contributed by atoms with Crippen molar-refractivity contribution in [1.29, 1.82) is 0 Å². The maximum absolute atomic E-state index is 8.41. The highest BCUT2D eigenvalue weighted by molar-refractivity contribution is 5.95. The summed E-state index contributed by atoms with van der Waals surface area (Å²) in [5.74, 6) is 0. The third-order valence-electron chi connectivity index (χ3n) is 4.96. The van der Waals surface area contributed by atoms with Crippen molar-refractivity contribution in [1.82, 2.24) is 0 Å². The Labute approximate surface area is 152 Å². The normalized spacial score (nSPS) is 12.1. The molecule has 1 aromatic heterocycles. The van der Waals surface area contributed by atoms with Gasteiger partial charge in [-0.2, -0.15) is 0 Å². The lowest BCUT2D eigenvalue weighted by Gasteiger charge is -2.22. The molecule has 0 aliphatic heterocycles. The summed E-state index contributed by atoms with van der Waals surface area (Å²) in [6.07, 6.45) is 0.438. The summed E-state index contributed by atoms with van der Waals surface area (Å²) >= 11 is 0. The van der Waals surface area contributed by atoms with Crippen LogP contribution in [0.25, 0.3) is 26.9 Å². The molecule has 0 fully saturated rings. The molecule has 2 nitrogen and oxygen atoms in total. The van der Waals surface area contributed by atoms with Gasteiger partial charge in [0.25, 0.3) is 0 Å². The minimum Gasteiger partial charge on any atom is -0.238 e. The fourth-order valence-corrected chi connectivity index (χ4v) is 3.23. The molecular weight excluding hydrogens is 304 g/mol. The second-order valence-corrected chi connectivity index (χ2v) is 7.78. The summed E-state index contributed by atoms with van der Waals surface area (Å²) in [4.78, 5) is 3.54. The lowest BCUT2D eigenvalue weighted by Crippen LogP contribution is -2.31. The second kappa shape index (κ2) is 6.01. The maximum atomic E-state index is 8.41. The van der Waals surface area contributed by atoms with Crippen LogP contribution in [0.1, 0.15) is 38.8 Å². The average molecular weight is 330 g/mol. The van der Waals surface area contributed by atoms with Crippen molar-refractivity contribution in [3.8, 4) is 11.3 Å². The van der Waals surface area contributed by atoms with Crippen molar-refractivity contribution in [2.24, 2.45) is 7.05 Å². The van der Waals surface area contributed by atoms with E-state index in [1.165, 1.54) is 16.7 Å². The van der Waals surface area contributed by atoms with Crippen LogP contribution in [0.15, 0.2) is 42.6 Å². The van der Waals surface area contributed by atoms with Gasteiger partial charge in [-0.1, -0.05) is 39.0 Å². The molecule has 0 bridgehead atoms. The predicted molar refractivity (Wildman–Crippen MR) is 105 cm³/mol. The first-order chi connectivity index (χ1) is 12.1. The van der Waals surface area contributed by atoms with Gasteiger partial charge >= 0.3 is 0 Å². The standard InChI is InChI=1S/C23H25N2/c1-15-12-18(23(3,4)5)14-21(16(15)2)22-20-9-8-19(24-6)13-17(20)10-11-25(22)7/h8-14H,1-5,7H3/q+1/i11D. The minimum absolute atomic E-state index is 0.0530. The van der Waals surface area contributed by atoms with E-state index in [1.54, 1.807) is 0 Å². The molecule has 0 unspecified atom stereocenters. The Bertz CT molecular complexity index is 1070. The number of aryl methyl sites for hydroxylation is 1. The molecule has 0 radical (unpaired) electrons. The molecule has 2 heteroatoms. The van der Waals surface area contributed by atoms with Gasteiger partial charge < -0.3 is 0 Å². The SMILES string of the molecule is [2H]c1cc2cc([N+]#[C-])ccc2c(-c2cc(C(C)(C)C)cc(C)c2C)[n+]1C. The molecule has 0 saturated carbocycles. The average Bonchev–Trinajstić information content (AvgIpc) is 2.57. The maximum Gasteiger partial charge on any atom is 0.220 e. The Kier molecular flexibility index (Phi) is 3.81. The molecule has 1 heterocycles. The molecule has 0 N–H and O–H groups in total.